The molecule has 2 heterocycles. The van der Waals surface area contributed by atoms with E-state index in [2.05, 4.69) is 20.4 Å². The van der Waals surface area contributed by atoms with Crippen molar-refractivity contribution >= 4 is 30.7 Å². The Labute approximate surface area is 199 Å². The van der Waals surface area contributed by atoms with E-state index in [1.165, 1.54) is 17.8 Å². The van der Waals surface area contributed by atoms with Crippen LogP contribution in [0.1, 0.15) is 19.4 Å². The summed E-state index contributed by atoms with van der Waals surface area (Å²) in [6.07, 6.45) is 1.36. The van der Waals surface area contributed by atoms with E-state index < -0.39 is 31.2 Å². The molecule has 0 fully saturated rings. The molecule has 14 nitrogen and oxygen atoms in total. The lowest BCUT2D eigenvalue weighted by molar-refractivity contribution is -0.146. The van der Waals surface area contributed by atoms with Crippen molar-refractivity contribution in [1.82, 2.24) is 25.0 Å². The molecule has 2 unspecified atom stereocenters. The molecule has 190 valence electrons. The quantitative estimate of drug-likeness (QED) is 0.144. The summed E-state index contributed by atoms with van der Waals surface area (Å²) in [5.41, 5.74) is 8.48. The lowest BCUT2D eigenvalue weighted by atomic mass is 10.2. The first kappa shape index (κ1) is 26.5. The maximum atomic E-state index is 12.9. The average Bonchev–Trinajstić information content (AvgIpc) is 3.22. The van der Waals surface area contributed by atoms with Gasteiger partial charge in [-0.25, -0.2) is 14.3 Å². The van der Waals surface area contributed by atoms with Crippen LogP contribution in [0.25, 0.3) is 11.2 Å². The molecule has 0 aliphatic carbocycles. The second kappa shape index (κ2) is 12.0. The van der Waals surface area contributed by atoms with Crippen LogP contribution in [0.3, 0.4) is 0 Å². The number of carbonyl (C=O) groups is 1. The fourth-order valence-electron chi connectivity index (χ4n) is 2.87. The van der Waals surface area contributed by atoms with E-state index in [1.807, 2.05) is 6.07 Å². The van der Waals surface area contributed by atoms with Crippen LogP contribution in [0.5, 0.6) is 0 Å². The van der Waals surface area contributed by atoms with Crippen molar-refractivity contribution in [2.45, 2.75) is 39.1 Å². The molecule has 0 saturated carbocycles. The Morgan fingerprint density at radius 1 is 1.31 bits per heavy atom. The topological polar surface area (TPSA) is 193 Å². The summed E-state index contributed by atoms with van der Waals surface area (Å²) in [6, 6.07) is 6.07. The number of nitrogens with one attached hydrogen (secondary N) is 2. The van der Waals surface area contributed by atoms with E-state index in [9.17, 15) is 19.0 Å². The number of H-pyrrole nitrogens is 1. The molecule has 15 heteroatoms. The molecule has 0 aliphatic heterocycles. The Kier molecular flexibility index (Phi) is 9.09. The summed E-state index contributed by atoms with van der Waals surface area (Å²) in [4.78, 5) is 50.0. The van der Waals surface area contributed by atoms with Gasteiger partial charge in [-0.1, -0.05) is 30.3 Å². The van der Waals surface area contributed by atoms with Crippen molar-refractivity contribution in [2.24, 2.45) is 0 Å². The van der Waals surface area contributed by atoms with Gasteiger partial charge in [0.25, 0.3) is 11.6 Å². The van der Waals surface area contributed by atoms with E-state index in [0.717, 1.165) is 0 Å². The zero-order valence-corrected chi connectivity index (χ0v) is 20.0. The summed E-state index contributed by atoms with van der Waals surface area (Å²) >= 11 is 0. The zero-order valence-electron chi connectivity index (χ0n) is 19.1. The number of nitrogens with zero attached hydrogens (tertiary/aromatic N) is 3. The highest BCUT2D eigenvalue weighted by atomic mass is 31.2. The largest absolute Gasteiger partial charge is 0.434 e. The number of hydrogen-bond acceptors (Lipinski definition) is 11. The minimum Gasteiger partial charge on any atom is -0.387 e. The van der Waals surface area contributed by atoms with E-state index in [0.29, 0.717) is 5.56 Å². The minimum atomic E-state index is -4.76. The number of nitrogen functional groups attached to an aromatic ring is 1. The molecule has 0 radical (unpaired) electrons. The van der Waals surface area contributed by atoms with Gasteiger partial charge in [-0.3, -0.25) is 9.78 Å². The van der Waals surface area contributed by atoms with E-state index >= 15 is 0 Å². The van der Waals surface area contributed by atoms with E-state index in [1.54, 1.807) is 31.2 Å². The Bertz CT molecular complexity index is 1230. The number of carbonyl (C=O) groups excluding carboxylic acids is 1. The number of anilines is 1. The van der Waals surface area contributed by atoms with Gasteiger partial charge in [-0.15, -0.1) is 0 Å². The molecule has 0 bridgehead atoms. The summed E-state index contributed by atoms with van der Waals surface area (Å²) in [5, 5.41) is 0. The number of aromatic amines is 1. The number of imidazole rings is 1. The van der Waals surface area contributed by atoms with Crippen LogP contribution in [0.4, 0.5) is 5.95 Å². The van der Waals surface area contributed by atoms with Crippen LogP contribution in [-0.2, 0) is 41.3 Å². The molecular weight excluding hydrogens is 483 g/mol. The van der Waals surface area contributed by atoms with E-state index in [4.69, 9.17) is 24.6 Å². The summed E-state index contributed by atoms with van der Waals surface area (Å²) in [5.74, 6) is -1.11. The van der Waals surface area contributed by atoms with Gasteiger partial charge in [0.05, 0.1) is 26.1 Å². The summed E-state index contributed by atoms with van der Waals surface area (Å²) in [7, 11) is -4.76. The molecule has 3 aromatic rings. The second-order valence-corrected chi connectivity index (χ2v) is 9.02. The highest BCUT2D eigenvalue weighted by Crippen LogP contribution is 2.49. The van der Waals surface area contributed by atoms with Crippen LogP contribution in [0, 0.1) is 0 Å². The predicted molar refractivity (Wildman–Crippen MR) is 124 cm³/mol. The maximum Gasteiger partial charge on any atom is 0.434 e. The maximum absolute atomic E-state index is 12.9. The number of fused-ring (bicyclic) bond motifs is 1. The Morgan fingerprint density at radius 2 is 2.06 bits per heavy atom. The molecule has 0 spiro atoms. The lowest BCUT2D eigenvalue weighted by Crippen LogP contribution is -2.36. The third-order valence-electron chi connectivity index (χ3n) is 4.57. The number of hydrogen-bond donors (Lipinski definition) is 4. The van der Waals surface area contributed by atoms with Crippen molar-refractivity contribution in [3.63, 3.8) is 0 Å². The highest BCUT2D eigenvalue weighted by molar-refractivity contribution is 7.53. The molecular formula is C20H27N6O8P. The summed E-state index contributed by atoms with van der Waals surface area (Å²) in [6.45, 7) is 3.20. The van der Waals surface area contributed by atoms with Gasteiger partial charge in [-0.05, 0) is 19.4 Å². The SMILES string of the molecule is CCON[C@@H](C)C(=O)OP(=O)(O)C(OCCn1cnc2c(=O)[nH]c(N)nc21)OCc1ccccc1. The third-order valence-corrected chi connectivity index (χ3v) is 5.84. The molecule has 5 N–H and O–H groups in total. The Morgan fingerprint density at radius 3 is 2.77 bits per heavy atom. The Hall–Kier alpha value is -3.13. The van der Waals surface area contributed by atoms with Crippen molar-refractivity contribution in [1.29, 1.82) is 0 Å². The van der Waals surface area contributed by atoms with Crippen molar-refractivity contribution in [3.8, 4) is 0 Å². The van der Waals surface area contributed by atoms with Gasteiger partial charge in [0, 0.05) is 6.54 Å². The first-order valence-corrected chi connectivity index (χ1v) is 12.3. The number of hydroxylamine groups is 1. The van der Waals surface area contributed by atoms with Gasteiger partial charge >= 0.3 is 13.6 Å². The zero-order chi connectivity index (χ0) is 25.4. The van der Waals surface area contributed by atoms with Crippen molar-refractivity contribution in [2.75, 3.05) is 18.9 Å². The fraction of sp³-hybridized carbons (Fsp3) is 0.400. The molecule has 3 atom stereocenters. The van der Waals surface area contributed by atoms with Crippen molar-refractivity contribution in [3.05, 3.63) is 52.6 Å². The van der Waals surface area contributed by atoms with Gasteiger partial charge in [-0.2, -0.15) is 10.5 Å². The monoisotopic (exact) mass is 510 g/mol. The number of benzene rings is 1. The number of ether oxygens (including phenoxy) is 2. The standard InChI is InChI=1S/C20H27N6O8P/c1-3-33-25-13(2)18(28)34-35(29,30)20(32-11-14-7-5-4-6-8-14)31-10-9-26-12-22-15-16(26)23-19(21)24-17(15)27/h4-8,12-13,20,25H,3,9-11H2,1-2H3,(H,29,30)(H3,21,23,24,27)/t13-,20?/m0/s1. The first-order valence-electron chi connectivity index (χ1n) is 10.6. The highest BCUT2D eigenvalue weighted by Gasteiger charge is 2.39. The molecule has 0 saturated heterocycles. The predicted octanol–water partition coefficient (Wildman–Crippen LogP) is 0.877. The van der Waals surface area contributed by atoms with Gasteiger partial charge < -0.3 is 34.0 Å². The fourth-order valence-corrected chi connectivity index (χ4v) is 3.93. The van der Waals surface area contributed by atoms with Crippen LogP contribution >= 0.6 is 7.60 Å². The molecule has 35 heavy (non-hydrogen) atoms. The summed E-state index contributed by atoms with van der Waals surface area (Å²) < 4.78 is 30.3. The average molecular weight is 510 g/mol. The van der Waals surface area contributed by atoms with Gasteiger partial charge in [0.2, 0.25) is 5.95 Å². The van der Waals surface area contributed by atoms with Crippen LogP contribution < -0.4 is 16.8 Å². The van der Waals surface area contributed by atoms with Crippen molar-refractivity contribution < 1.29 is 33.1 Å². The second-order valence-electron chi connectivity index (χ2n) is 7.28. The Balaban J connectivity index is 1.71. The smallest absolute Gasteiger partial charge is 0.387 e. The molecule has 0 amide bonds. The molecule has 3 rings (SSSR count). The van der Waals surface area contributed by atoms with Crippen LogP contribution in [0.2, 0.25) is 0 Å². The number of aromatic nitrogens is 4. The van der Waals surface area contributed by atoms with Gasteiger partial charge in [0.15, 0.2) is 11.2 Å². The third kappa shape index (κ3) is 7.18. The molecule has 2 aromatic heterocycles. The van der Waals surface area contributed by atoms with Gasteiger partial charge in [0.1, 0.15) is 6.04 Å². The first-order chi connectivity index (χ1) is 16.7. The molecule has 0 aliphatic rings. The normalized spacial score (nSPS) is 14.9. The van der Waals surface area contributed by atoms with Crippen LogP contribution in [0.15, 0.2) is 41.5 Å². The van der Waals surface area contributed by atoms with E-state index in [-0.39, 0.29) is 43.5 Å². The number of rotatable bonds is 13. The van der Waals surface area contributed by atoms with Crippen LogP contribution in [-0.4, -0.2) is 55.7 Å². The molecule has 1 aromatic carbocycles. The lowest BCUT2D eigenvalue weighted by Gasteiger charge is -2.24. The number of nitrogens with two attached hydrogens (primary N) is 1. The minimum absolute atomic E-state index is 0.0772.